The standard InChI is InChI=1S/C9H21NOS/c1-3-9(8-12)7-10(4-2)5-6-11/h9,11-12H,3-8H2,1-2H3. The molecular formula is C9H21NOS. The molecule has 3 heteroatoms. The van der Waals surface area contributed by atoms with Crippen molar-refractivity contribution in [1.29, 1.82) is 0 Å². The fourth-order valence-corrected chi connectivity index (χ4v) is 1.57. The maximum absolute atomic E-state index is 8.77. The highest BCUT2D eigenvalue weighted by Crippen LogP contribution is 2.06. The smallest absolute Gasteiger partial charge is 0.0558 e. The van der Waals surface area contributed by atoms with Crippen LogP contribution in [0.1, 0.15) is 20.3 Å². The molecule has 0 aromatic carbocycles. The van der Waals surface area contributed by atoms with E-state index in [9.17, 15) is 0 Å². The molecule has 0 bridgehead atoms. The molecule has 1 N–H and O–H groups in total. The van der Waals surface area contributed by atoms with Crippen LogP contribution in [0.15, 0.2) is 0 Å². The van der Waals surface area contributed by atoms with Gasteiger partial charge in [-0.3, -0.25) is 0 Å². The Labute approximate surface area is 81.4 Å². The third-order valence-electron chi connectivity index (χ3n) is 2.22. The summed E-state index contributed by atoms with van der Waals surface area (Å²) in [5.74, 6) is 1.61. The van der Waals surface area contributed by atoms with Gasteiger partial charge in [0.1, 0.15) is 0 Å². The average Bonchev–Trinajstić information content (AvgIpc) is 2.12. The van der Waals surface area contributed by atoms with Crippen LogP contribution in [-0.4, -0.2) is 42.0 Å². The molecule has 0 aliphatic heterocycles. The van der Waals surface area contributed by atoms with Crippen LogP contribution in [0.25, 0.3) is 0 Å². The van der Waals surface area contributed by atoms with E-state index in [0.717, 1.165) is 25.4 Å². The van der Waals surface area contributed by atoms with Crippen LogP contribution in [0.2, 0.25) is 0 Å². The van der Waals surface area contributed by atoms with Crippen molar-refractivity contribution in [3.8, 4) is 0 Å². The molecule has 0 saturated carbocycles. The monoisotopic (exact) mass is 191 g/mol. The number of thiol groups is 1. The summed E-state index contributed by atoms with van der Waals surface area (Å²) in [5, 5.41) is 8.77. The Bertz CT molecular complexity index is 96.5. The molecule has 0 saturated heterocycles. The molecule has 0 heterocycles. The molecule has 0 radical (unpaired) electrons. The summed E-state index contributed by atoms with van der Waals surface area (Å²) in [6.45, 7) is 7.45. The van der Waals surface area contributed by atoms with E-state index >= 15 is 0 Å². The van der Waals surface area contributed by atoms with Gasteiger partial charge in [-0.1, -0.05) is 20.3 Å². The average molecular weight is 191 g/mol. The summed E-state index contributed by atoms with van der Waals surface area (Å²) in [4.78, 5) is 2.27. The number of hydrogen-bond donors (Lipinski definition) is 2. The highest BCUT2D eigenvalue weighted by atomic mass is 32.1. The summed E-state index contributed by atoms with van der Waals surface area (Å²) in [6, 6.07) is 0. The van der Waals surface area contributed by atoms with Crippen LogP contribution in [0, 0.1) is 5.92 Å². The summed E-state index contributed by atoms with van der Waals surface area (Å²) < 4.78 is 0. The first-order chi connectivity index (χ1) is 5.78. The molecule has 74 valence electrons. The topological polar surface area (TPSA) is 23.5 Å². The Morgan fingerprint density at radius 2 is 2.08 bits per heavy atom. The molecule has 2 nitrogen and oxygen atoms in total. The van der Waals surface area contributed by atoms with Crippen molar-refractivity contribution in [2.24, 2.45) is 5.92 Å². The van der Waals surface area contributed by atoms with Crippen LogP contribution in [-0.2, 0) is 0 Å². The van der Waals surface area contributed by atoms with Crippen molar-refractivity contribution < 1.29 is 5.11 Å². The van der Waals surface area contributed by atoms with Gasteiger partial charge in [-0.25, -0.2) is 0 Å². The minimum atomic E-state index is 0.261. The molecule has 0 aromatic heterocycles. The Balaban J connectivity index is 3.65. The van der Waals surface area contributed by atoms with Crippen molar-refractivity contribution in [1.82, 2.24) is 4.90 Å². The number of nitrogens with zero attached hydrogens (tertiary/aromatic N) is 1. The fraction of sp³-hybridized carbons (Fsp3) is 1.00. The van der Waals surface area contributed by atoms with Gasteiger partial charge >= 0.3 is 0 Å². The lowest BCUT2D eigenvalue weighted by molar-refractivity contribution is 0.184. The van der Waals surface area contributed by atoms with Gasteiger partial charge in [-0.15, -0.1) is 0 Å². The Morgan fingerprint density at radius 3 is 2.42 bits per heavy atom. The summed E-state index contributed by atoms with van der Waals surface area (Å²) >= 11 is 4.29. The van der Waals surface area contributed by atoms with E-state index < -0.39 is 0 Å². The molecule has 0 fully saturated rings. The second-order valence-corrected chi connectivity index (χ2v) is 3.44. The van der Waals surface area contributed by atoms with Crippen LogP contribution in [0.5, 0.6) is 0 Å². The van der Waals surface area contributed by atoms with Crippen molar-refractivity contribution in [3.63, 3.8) is 0 Å². The van der Waals surface area contributed by atoms with Gasteiger partial charge in [-0.05, 0) is 18.2 Å². The zero-order valence-corrected chi connectivity index (χ0v) is 9.06. The number of aliphatic hydroxyl groups excluding tert-OH is 1. The fourth-order valence-electron chi connectivity index (χ4n) is 1.20. The zero-order valence-electron chi connectivity index (χ0n) is 8.16. The first kappa shape index (κ1) is 12.3. The lowest BCUT2D eigenvalue weighted by atomic mass is 10.1. The van der Waals surface area contributed by atoms with E-state index in [0.29, 0.717) is 5.92 Å². The number of aliphatic hydroxyl groups is 1. The molecule has 1 atom stereocenters. The van der Waals surface area contributed by atoms with Gasteiger partial charge in [0.15, 0.2) is 0 Å². The Kier molecular flexibility index (Phi) is 8.07. The predicted molar refractivity (Wildman–Crippen MR) is 56.8 cm³/mol. The summed E-state index contributed by atoms with van der Waals surface area (Å²) in [5.41, 5.74) is 0. The van der Waals surface area contributed by atoms with E-state index in [-0.39, 0.29) is 6.61 Å². The van der Waals surface area contributed by atoms with Crippen LogP contribution >= 0.6 is 12.6 Å². The van der Waals surface area contributed by atoms with Crippen molar-refractivity contribution >= 4 is 12.6 Å². The minimum absolute atomic E-state index is 0.261. The van der Waals surface area contributed by atoms with E-state index in [1.165, 1.54) is 6.42 Å². The first-order valence-electron chi connectivity index (χ1n) is 4.72. The van der Waals surface area contributed by atoms with Crippen molar-refractivity contribution in [3.05, 3.63) is 0 Å². The van der Waals surface area contributed by atoms with Gasteiger partial charge in [0, 0.05) is 13.1 Å². The van der Waals surface area contributed by atoms with E-state index in [1.807, 2.05) is 0 Å². The predicted octanol–water partition coefficient (Wildman–Crippen LogP) is 1.26. The van der Waals surface area contributed by atoms with Crippen molar-refractivity contribution in [2.45, 2.75) is 20.3 Å². The van der Waals surface area contributed by atoms with Crippen molar-refractivity contribution in [2.75, 3.05) is 32.0 Å². The highest BCUT2D eigenvalue weighted by molar-refractivity contribution is 7.80. The van der Waals surface area contributed by atoms with Crippen LogP contribution < -0.4 is 0 Å². The molecule has 12 heavy (non-hydrogen) atoms. The maximum Gasteiger partial charge on any atom is 0.0558 e. The highest BCUT2D eigenvalue weighted by Gasteiger charge is 2.08. The first-order valence-corrected chi connectivity index (χ1v) is 5.35. The van der Waals surface area contributed by atoms with Gasteiger partial charge < -0.3 is 10.0 Å². The third-order valence-corrected chi connectivity index (χ3v) is 2.73. The molecule has 1 unspecified atom stereocenters. The quantitative estimate of drug-likeness (QED) is 0.592. The molecule has 0 spiro atoms. The zero-order chi connectivity index (χ0) is 9.40. The summed E-state index contributed by atoms with van der Waals surface area (Å²) in [7, 11) is 0. The molecular weight excluding hydrogens is 170 g/mol. The van der Waals surface area contributed by atoms with Gasteiger partial charge in [0.25, 0.3) is 0 Å². The van der Waals surface area contributed by atoms with E-state index in [2.05, 4.69) is 31.4 Å². The van der Waals surface area contributed by atoms with Gasteiger partial charge in [-0.2, -0.15) is 12.6 Å². The van der Waals surface area contributed by atoms with Crippen LogP contribution in [0.3, 0.4) is 0 Å². The normalized spacial score (nSPS) is 13.8. The molecule has 0 aliphatic rings. The number of rotatable bonds is 7. The Hall–Kier alpha value is 0.270. The number of hydrogen-bond acceptors (Lipinski definition) is 3. The second kappa shape index (κ2) is 7.90. The summed E-state index contributed by atoms with van der Waals surface area (Å²) in [6.07, 6.45) is 1.17. The van der Waals surface area contributed by atoms with Gasteiger partial charge in [0.05, 0.1) is 6.61 Å². The SMILES string of the molecule is CCC(CS)CN(CC)CCO. The molecule has 0 rings (SSSR count). The lowest BCUT2D eigenvalue weighted by Gasteiger charge is -2.23. The molecule has 0 aromatic rings. The van der Waals surface area contributed by atoms with Gasteiger partial charge in [0.2, 0.25) is 0 Å². The maximum atomic E-state index is 8.77. The van der Waals surface area contributed by atoms with E-state index in [1.54, 1.807) is 0 Å². The molecule has 0 aliphatic carbocycles. The third kappa shape index (κ3) is 5.01. The second-order valence-electron chi connectivity index (χ2n) is 3.07. The largest absolute Gasteiger partial charge is 0.395 e. The minimum Gasteiger partial charge on any atom is -0.395 e. The number of likely N-dealkylation sites (N-methyl/N-ethyl adjacent to an activating group) is 1. The molecule has 0 amide bonds. The Morgan fingerprint density at radius 1 is 1.42 bits per heavy atom. The van der Waals surface area contributed by atoms with E-state index in [4.69, 9.17) is 5.11 Å². The lowest BCUT2D eigenvalue weighted by Crippen LogP contribution is -2.32. The van der Waals surface area contributed by atoms with Crippen LogP contribution in [0.4, 0.5) is 0 Å².